The fourth-order valence-electron chi connectivity index (χ4n) is 3.73. The molecule has 3 rings (SSSR count). The van der Waals surface area contributed by atoms with Gasteiger partial charge in [-0.15, -0.1) is 11.8 Å². The Hall–Kier alpha value is -2.49. The summed E-state index contributed by atoms with van der Waals surface area (Å²) in [6.07, 6.45) is 9.31. The number of likely N-dealkylation sites (tertiary alicyclic amines) is 1. The second-order valence-corrected chi connectivity index (χ2v) is 9.66. The lowest BCUT2D eigenvalue weighted by Crippen LogP contribution is -2.48. The molecule has 8 nitrogen and oxygen atoms in total. The molecule has 2 aromatic rings. The van der Waals surface area contributed by atoms with Crippen LogP contribution in [0, 0.1) is 5.92 Å². The summed E-state index contributed by atoms with van der Waals surface area (Å²) in [4.78, 5) is 43.5. The molecule has 1 aliphatic rings. The van der Waals surface area contributed by atoms with E-state index in [2.05, 4.69) is 10.3 Å². The molecule has 0 saturated carbocycles. The molecule has 1 fully saturated rings. The Bertz CT molecular complexity index is 1100. The van der Waals surface area contributed by atoms with Crippen LogP contribution in [0.25, 0.3) is 6.08 Å². The average molecular weight is 525 g/mol. The quantitative estimate of drug-likeness (QED) is 0.404. The Morgan fingerprint density at radius 2 is 1.97 bits per heavy atom. The predicted molar refractivity (Wildman–Crippen MR) is 133 cm³/mol. The number of carboxylic acid groups (broad SMARTS) is 1. The first-order chi connectivity index (χ1) is 16.2. The number of aryl methyl sites for hydroxylation is 1. The Morgan fingerprint density at radius 3 is 2.56 bits per heavy atom. The van der Waals surface area contributed by atoms with Crippen molar-refractivity contribution < 1.29 is 19.5 Å². The maximum atomic E-state index is 12.7. The highest BCUT2D eigenvalue weighted by atomic mass is 35.5. The summed E-state index contributed by atoms with van der Waals surface area (Å²) in [6.45, 7) is 0.804. The van der Waals surface area contributed by atoms with Crippen molar-refractivity contribution in [3.63, 3.8) is 0 Å². The molecule has 2 heterocycles. The number of piperidine rings is 1. The van der Waals surface area contributed by atoms with Gasteiger partial charge in [0, 0.05) is 49.6 Å². The molecule has 0 bridgehead atoms. The predicted octanol–water partition coefficient (Wildman–Crippen LogP) is 3.51. The SMILES string of the molecule is CSc1ccc(/C=C/C(=O)N2CCC(C(=O)NC(Cc3cn(C)cn3)C(=O)O)CC2)c(Cl)c1Cl. The molecule has 0 radical (unpaired) electrons. The number of aromatic nitrogens is 2. The zero-order valence-corrected chi connectivity index (χ0v) is 21.2. The molecule has 34 heavy (non-hydrogen) atoms. The third-order valence-corrected chi connectivity index (χ3v) is 7.45. The van der Waals surface area contributed by atoms with E-state index < -0.39 is 12.0 Å². The minimum atomic E-state index is -1.11. The molecule has 2 amide bonds. The van der Waals surface area contributed by atoms with E-state index in [0.717, 1.165) is 4.90 Å². The van der Waals surface area contributed by atoms with E-state index in [1.165, 1.54) is 17.8 Å². The zero-order chi connectivity index (χ0) is 24.8. The summed E-state index contributed by atoms with van der Waals surface area (Å²) < 4.78 is 1.72. The van der Waals surface area contributed by atoms with Gasteiger partial charge >= 0.3 is 5.97 Å². The molecule has 1 atom stereocenters. The van der Waals surface area contributed by atoms with Crippen LogP contribution in [0.4, 0.5) is 0 Å². The molecule has 182 valence electrons. The molecule has 1 aromatic heterocycles. The Morgan fingerprint density at radius 1 is 1.26 bits per heavy atom. The topological polar surface area (TPSA) is 105 Å². The molecule has 2 N–H and O–H groups in total. The first kappa shape index (κ1) is 26.1. The lowest BCUT2D eigenvalue weighted by Gasteiger charge is -2.31. The maximum absolute atomic E-state index is 12.7. The second kappa shape index (κ2) is 11.8. The summed E-state index contributed by atoms with van der Waals surface area (Å²) in [5.74, 6) is -1.97. The maximum Gasteiger partial charge on any atom is 0.326 e. The summed E-state index contributed by atoms with van der Waals surface area (Å²) in [7, 11) is 1.79. The number of carbonyl (C=O) groups is 3. The molecular formula is C23H26Cl2N4O4S. The zero-order valence-electron chi connectivity index (χ0n) is 18.8. The normalized spacial score (nSPS) is 15.5. The summed E-state index contributed by atoms with van der Waals surface area (Å²) >= 11 is 14.0. The van der Waals surface area contributed by atoms with Crippen LogP contribution in [0.5, 0.6) is 0 Å². The third kappa shape index (κ3) is 6.55. The van der Waals surface area contributed by atoms with E-state index in [1.54, 1.807) is 35.1 Å². The molecule has 1 aliphatic heterocycles. The van der Waals surface area contributed by atoms with E-state index in [-0.39, 0.29) is 24.2 Å². The standard InChI is InChI=1S/C23H26Cl2N4O4S/c1-28-12-16(26-13-28)11-17(23(32)33)27-22(31)15-7-9-29(10-8-15)19(30)6-4-14-3-5-18(34-2)21(25)20(14)24/h3-6,12-13,15,17H,7-11H2,1-2H3,(H,27,31)(H,32,33)/b6-4+. The first-order valence-electron chi connectivity index (χ1n) is 10.7. The Balaban J connectivity index is 1.53. The number of hydrogen-bond acceptors (Lipinski definition) is 5. The van der Waals surface area contributed by atoms with E-state index in [1.807, 2.05) is 18.4 Å². The van der Waals surface area contributed by atoms with Crippen molar-refractivity contribution in [1.82, 2.24) is 19.8 Å². The van der Waals surface area contributed by atoms with Gasteiger partial charge in [-0.05, 0) is 36.8 Å². The van der Waals surface area contributed by atoms with Crippen molar-refractivity contribution in [1.29, 1.82) is 0 Å². The number of rotatable bonds is 8. The van der Waals surface area contributed by atoms with Crippen molar-refractivity contribution in [3.05, 3.63) is 52.0 Å². The molecule has 0 aliphatic carbocycles. The molecule has 1 unspecified atom stereocenters. The first-order valence-corrected chi connectivity index (χ1v) is 12.7. The number of aliphatic carboxylic acids is 1. The largest absolute Gasteiger partial charge is 0.480 e. The Labute approximate surface area is 212 Å². The summed E-state index contributed by atoms with van der Waals surface area (Å²) in [5, 5.41) is 13.0. The lowest BCUT2D eigenvalue weighted by molar-refractivity contribution is -0.142. The van der Waals surface area contributed by atoms with Crippen molar-refractivity contribution in [2.75, 3.05) is 19.3 Å². The van der Waals surface area contributed by atoms with Gasteiger partial charge in [0.15, 0.2) is 0 Å². The molecule has 1 aromatic carbocycles. The summed E-state index contributed by atoms with van der Waals surface area (Å²) in [5.41, 5.74) is 1.24. The van der Waals surface area contributed by atoms with Gasteiger partial charge in [0.25, 0.3) is 0 Å². The number of halogens is 2. The van der Waals surface area contributed by atoms with Crippen LogP contribution in [0.3, 0.4) is 0 Å². The van der Waals surface area contributed by atoms with Crippen molar-refractivity contribution in [2.45, 2.75) is 30.2 Å². The van der Waals surface area contributed by atoms with Gasteiger partial charge in [-0.2, -0.15) is 0 Å². The number of benzene rings is 1. The van der Waals surface area contributed by atoms with Crippen molar-refractivity contribution >= 4 is 58.8 Å². The van der Waals surface area contributed by atoms with Crippen molar-refractivity contribution in [2.24, 2.45) is 13.0 Å². The molecule has 11 heteroatoms. The molecular weight excluding hydrogens is 499 g/mol. The van der Waals surface area contributed by atoms with Crippen LogP contribution in [0.2, 0.25) is 10.0 Å². The average Bonchev–Trinajstić information content (AvgIpc) is 3.24. The highest BCUT2D eigenvalue weighted by Crippen LogP contribution is 2.35. The number of carboxylic acids is 1. The van der Waals surface area contributed by atoms with Gasteiger partial charge in [0.2, 0.25) is 11.8 Å². The number of imidazole rings is 1. The van der Waals surface area contributed by atoms with Crippen LogP contribution in [0.1, 0.15) is 24.1 Å². The monoisotopic (exact) mass is 524 g/mol. The molecule has 1 saturated heterocycles. The second-order valence-electron chi connectivity index (χ2n) is 8.05. The van der Waals surface area contributed by atoms with E-state index in [0.29, 0.717) is 47.2 Å². The van der Waals surface area contributed by atoms with Crippen LogP contribution in [-0.2, 0) is 27.9 Å². The minimum absolute atomic E-state index is 0.106. The smallest absolute Gasteiger partial charge is 0.326 e. The number of nitrogens with zero attached hydrogens (tertiary/aromatic N) is 3. The van der Waals surface area contributed by atoms with Crippen molar-refractivity contribution in [3.8, 4) is 0 Å². The summed E-state index contributed by atoms with van der Waals surface area (Å²) in [6, 6.07) is 2.61. The number of nitrogens with one attached hydrogen (secondary N) is 1. The minimum Gasteiger partial charge on any atom is -0.480 e. The van der Waals surface area contributed by atoms with Gasteiger partial charge in [0.1, 0.15) is 6.04 Å². The van der Waals surface area contributed by atoms with Crippen LogP contribution in [0.15, 0.2) is 35.6 Å². The van der Waals surface area contributed by atoms with E-state index in [9.17, 15) is 19.5 Å². The van der Waals surface area contributed by atoms with E-state index >= 15 is 0 Å². The number of amides is 2. The number of thioether (sulfide) groups is 1. The number of hydrogen-bond donors (Lipinski definition) is 2. The van der Waals surface area contributed by atoms with Gasteiger partial charge < -0.3 is 19.9 Å². The highest BCUT2D eigenvalue weighted by Gasteiger charge is 2.30. The van der Waals surface area contributed by atoms with Crippen LogP contribution in [-0.4, -0.2) is 62.7 Å². The van der Waals surface area contributed by atoms with Gasteiger partial charge in [-0.1, -0.05) is 29.3 Å². The van der Waals surface area contributed by atoms with E-state index in [4.69, 9.17) is 23.2 Å². The van der Waals surface area contributed by atoms with Gasteiger partial charge in [-0.25, -0.2) is 9.78 Å². The van der Waals surface area contributed by atoms with Crippen LogP contribution < -0.4 is 5.32 Å². The molecule has 0 spiro atoms. The number of carbonyl (C=O) groups excluding carboxylic acids is 2. The van der Waals surface area contributed by atoms with Gasteiger partial charge in [0.05, 0.1) is 22.1 Å². The fourth-order valence-corrected chi connectivity index (χ4v) is 4.91. The fraction of sp³-hybridized carbons (Fsp3) is 0.391. The highest BCUT2D eigenvalue weighted by molar-refractivity contribution is 7.98. The van der Waals surface area contributed by atoms with Crippen LogP contribution >= 0.6 is 35.0 Å². The Kier molecular flexibility index (Phi) is 9.04. The lowest BCUT2D eigenvalue weighted by atomic mass is 9.95. The third-order valence-electron chi connectivity index (χ3n) is 5.67. The van der Waals surface area contributed by atoms with Gasteiger partial charge in [-0.3, -0.25) is 9.59 Å².